The Kier molecular flexibility index (Phi) is 7.59. The van der Waals surface area contributed by atoms with Crippen LogP contribution < -0.4 is 5.32 Å². The summed E-state index contributed by atoms with van der Waals surface area (Å²) in [5, 5.41) is 3.73. The second-order valence-electron chi connectivity index (χ2n) is 5.89. The van der Waals surface area contributed by atoms with Gasteiger partial charge in [-0.15, -0.1) is 6.58 Å². The molecule has 0 aromatic rings. The van der Waals surface area contributed by atoms with Crippen LogP contribution >= 0.6 is 0 Å². The molecule has 1 rings (SSSR count). The third-order valence-electron chi connectivity index (χ3n) is 3.95. The van der Waals surface area contributed by atoms with E-state index < -0.39 is 0 Å². The lowest BCUT2D eigenvalue weighted by atomic mass is 9.83. The van der Waals surface area contributed by atoms with E-state index in [4.69, 9.17) is 0 Å². The average molecular weight is 237 g/mol. The maximum absolute atomic E-state index is 4.03. The Morgan fingerprint density at radius 3 is 2.59 bits per heavy atom. The molecule has 0 bridgehead atoms. The van der Waals surface area contributed by atoms with Gasteiger partial charge in [-0.3, -0.25) is 0 Å². The first kappa shape index (κ1) is 14.8. The summed E-state index contributed by atoms with van der Waals surface area (Å²) in [7, 11) is 0. The summed E-state index contributed by atoms with van der Waals surface area (Å²) in [6, 6.07) is 0.731. The SMILES string of the molecule is C=C(C)CCC(CC1CCCCC1)NCCC. The maximum atomic E-state index is 4.03. The van der Waals surface area contributed by atoms with Crippen molar-refractivity contribution >= 4 is 0 Å². The molecule has 100 valence electrons. The van der Waals surface area contributed by atoms with Crippen molar-refractivity contribution in [3.8, 4) is 0 Å². The Hall–Kier alpha value is -0.300. The summed E-state index contributed by atoms with van der Waals surface area (Å²) >= 11 is 0. The predicted molar refractivity (Wildman–Crippen MR) is 77.3 cm³/mol. The van der Waals surface area contributed by atoms with Crippen molar-refractivity contribution in [3.63, 3.8) is 0 Å². The third kappa shape index (κ3) is 6.88. The van der Waals surface area contributed by atoms with E-state index in [1.807, 2.05) is 0 Å². The van der Waals surface area contributed by atoms with E-state index in [1.54, 1.807) is 0 Å². The summed E-state index contributed by atoms with van der Waals surface area (Å²) in [5.74, 6) is 0.989. The van der Waals surface area contributed by atoms with E-state index in [0.29, 0.717) is 0 Å². The van der Waals surface area contributed by atoms with E-state index in [-0.39, 0.29) is 0 Å². The van der Waals surface area contributed by atoms with E-state index in [9.17, 15) is 0 Å². The molecule has 1 fully saturated rings. The second-order valence-corrected chi connectivity index (χ2v) is 5.89. The quantitative estimate of drug-likeness (QED) is 0.604. The normalized spacial score (nSPS) is 19.2. The molecule has 1 aliphatic carbocycles. The average Bonchev–Trinajstić information content (AvgIpc) is 2.34. The van der Waals surface area contributed by atoms with Crippen molar-refractivity contribution in [2.75, 3.05) is 6.54 Å². The fraction of sp³-hybridized carbons (Fsp3) is 0.875. The van der Waals surface area contributed by atoms with Crippen molar-refractivity contribution in [2.45, 2.75) is 77.7 Å². The topological polar surface area (TPSA) is 12.0 Å². The van der Waals surface area contributed by atoms with E-state index in [0.717, 1.165) is 12.0 Å². The molecular formula is C16H31N. The Balaban J connectivity index is 2.29. The molecule has 0 amide bonds. The Morgan fingerprint density at radius 2 is 2.00 bits per heavy atom. The van der Waals surface area contributed by atoms with Gasteiger partial charge in [-0.05, 0) is 45.1 Å². The summed E-state index contributed by atoms with van der Waals surface area (Å²) in [6.45, 7) is 9.60. The molecule has 0 heterocycles. The fourth-order valence-corrected chi connectivity index (χ4v) is 2.90. The van der Waals surface area contributed by atoms with Gasteiger partial charge in [0.1, 0.15) is 0 Å². The van der Waals surface area contributed by atoms with Gasteiger partial charge in [0.15, 0.2) is 0 Å². The van der Waals surface area contributed by atoms with Crippen molar-refractivity contribution in [1.29, 1.82) is 0 Å². The van der Waals surface area contributed by atoms with Crippen LogP contribution in [0.15, 0.2) is 12.2 Å². The van der Waals surface area contributed by atoms with Crippen molar-refractivity contribution in [2.24, 2.45) is 5.92 Å². The minimum Gasteiger partial charge on any atom is -0.314 e. The summed E-state index contributed by atoms with van der Waals surface area (Å²) in [6.07, 6.45) is 12.4. The molecule has 0 saturated heterocycles. The van der Waals surface area contributed by atoms with Gasteiger partial charge in [-0.2, -0.15) is 0 Å². The zero-order chi connectivity index (χ0) is 12.5. The number of hydrogen-bond acceptors (Lipinski definition) is 1. The standard InChI is InChI=1S/C16H31N/c1-4-12-17-16(11-10-14(2)3)13-15-8-6-5-7-9-15/h15-17H,2,4-13H2,1,3H3. The molecule has 0 aromatic heterocycles. The number of hydrogen-bond donors (Lipinski definition) is 1. The fourth-order valence-electron chi connectivity index (χ4n) is 2.90. The monoisotopic (exact) mass is 237 g/mol. The first-order valence-corrected chi connectivity index (χ1v) is 7.60. The molecule has 1 nitrogen and oxygen atoms in total. The van der Waals surface area contributed by atoms with E-state index in [2.05, 4.69) is 25.7 Å². The van der Waals surface area contributed by atoms with E-state index in [1.165, 1.54) is 69.9 Å². The summed E-state index contributed by atoms with van der Waals surface area (Å²) < 4.78 is 0. The van der Waals surface area contributed by atoms with Gasteiger partial charge < -0.3 is 5.32 Å². The van der Waals surface area contributed by atoms with Crippen LogP contribution in [0.25, 0.3) is 0 Å². The highest BCUT2D eigenvalue weighted by Crippen LogP contribution is 2.28. The van der Waals surface area contributed by atoms with Crippen molar-refractivity contribution in [1.82, 2.24) is 5.32 Å². The molecular weight excluding hydrogens is 206 g/mol. The second kappa shape index (κ2) is 8.74. The molecule has 1 atom stereocenters. The van der Waals surface area contributed by atoms with Gasteiger partial charge in [0, 0.05) is 6.04 Å². The molecule has 1 aliphatic rings. The first-order chi connectivity index (χ1) is 8.22. The predicted octanol–water partition coefficient (Wildman–Crippen LogP) is 4.68. The summed E-state index contributed by atoms with van der Waals surface area (Å²) in [5.41, 5.74) is 1.33. The van der Waals surface area contributed by atoms with Gasteiger partial charge in [0.25, 0.3) is 0 Å². The number of allylic oxidation sites excluding steroid dienone is 1. The van der Waals surface area contributed by atoms with Crippen molar-refractivity contribution < 1.29 is 0 Å². The minimum atomic E-state index is 0.731. The highest BCUT2D eigenvalue weighted by atomic mass is 14.9. The maximum Gasteiger partial charge on any atom is 0.00727 e. The first-order valence-electron chi connectivity index (χ1n) is 7.60. The molecule has 0 spiro atoms. The van der Waals surface area contributed by atoms with Gasteiger partial charge in [-0.1, -0.05) is 44.6 Å². The van der Waals surface area contributed by atoms with Gasteiger partial charge in [0.2, 0.25) is 0 Å². The van der Waals surface area contributed by atoms with Crippen LogP contribution in [0, 0.1) is 5.92 Å². The van der Waals surface area contributed by atoms with Crippen molar-refractivity contribution in [3.05, 3.63) is 12.2 Å². The van der Waals surface area contributed by atoms with Crippen LogP contribution in [-0.2, 0) is 0 Å². The lowest BCUT2D eigenvalue weighted by Crippen LogP contribution is -2.32. The number of rotatable bonds is 8. The summed E-state index contributed by atoms with van der Waals surface area (Å²) in [4.78, 5) is 0. The molecule has 17 heavy (non-hydrogen) atoms. The van der Waals surface area contributed by atoms with Crippen LogP contribution in [-0.4, -0.2) is 12.6 Å². The molecule has 1 N–H and O–H groups in total. The van der Waals surface area contributed by atoms with Crippen LogP contribution in [0.1, 0.15) is 71.6 Å². The zero-order valence-electron chi connectivity index (χ0n) is 11.9. The van der Waals surface area contributed by atoms with Crippen LogP contribution in [0.4, 0.5) is 0 Å². The van der Waals surface area contributed by atoms with Gasteiger partial charge >= 0.3 is 0 Å². The van der Waals surface area contributed by atoms with Gasteiger partial charge in [0.05, 0.1) is 0 Å². The zero-order valence-corrected chi connectivity index (χ0v) is 11.9. The van der Waals surface area contributed by atoms with Crippen LogP contribution in [0.2, 0.25) is 0 Å². The van der Waals surface area contributed by atoms with E-state index >= 15 is 0 Å². The lowest BCUT2D eigenvalue weighted by molar-refractivity contribution is 0.291. The molecule has 1 heteroatoms. The van der Waals surface area contributed by atoms with Crippen LogP contribution in [0.3, 0.4) is 0 Å². The Morgan fingerprint density at radius 1 is 1.29 bits per heavy atom. The van der Waals surface area contributed by atoms with Gasteiger partial charge in [-0.25, -0.2) is 0 Å². The smallest absolute Gasteiger partial charge is 0.00727 e. The molecule has 0 radical (unpaired) electrons. The highest BCUT2D eigenvalue weighted by Gasteiger charge is 2.18. The molecule has 1 unspecified atom stereocenters. The Labute approximate surface area is 108 Å². The minimum absolute atomic E-state index is 0.731. The molecule has 0 aromatic carbocycles. The number of nitrogens with one attached hydrogen (secondary N) is 1. The Bertz CT molecular complexity index is 204. The highest BCUT2D eigenvalue weighted by molar-refractivity contribution is 4.89. The van der Waals surface area contributed by atoms with Crippen LogP contribution in [0.5, 0.6) is 0 Å². The third-order valence-corrected chi connectivity index (χ3v) is 3.95. The molecule has 0 aliphatic heterocycles. The largest absolute Gasteiger partial charge is 0.314 e. The lowest BCUT2D eigenvalue weighted by Gasteiger charge is -2.27. The molecule has 1 saturated carbocycles.